The van der Waals surface area contributed by atoms with Crippen molar-refractivity contribution in [1.82, 2.24) is 4.98 Å². The zero-order valence-corrected chi connectivity index (χ0v) is 16.0. The molecule has 0 saturated heterocycles. The zero-order chi connectivity index (χ0) is 19.4. The second kappa shape index (κ2) is 8.01. The number of aryl methyl sites for hydroxylation is 1. The fourth-order valence-corrected chi connectivity index (χ4v) is 3.26. The molecule has 0 radical (unpaired) electrons. The van der Waals surface area contributed by atoms with Crippen LogP contribution in [0.3, 0.4) is 0 Å². The Hall–Kier alpha value is -3.19. The lowest BCUT2D eigenvalue weighted by molar-refractivity contribution is -0.114. The van der Waals surface area contributed by atoms with Crippen molar-refractivity contribution in [2.24, 2.45) is 0 Å². The van der Waals surface area contributed by atoms with E-state index in [9.17, 15) is 9.59 Å². The van der Waals surface area contributed by atoms with Gasteiger partial charge in [-0.05, 0) is 43.3 Å². The molecular formula is C20H19N3O3S. The van der Waals surface area contributed by atoms with E-state index >= 15 is 0 Å². The van der Waals surface area contributed by atoms with E-state index < -0.39 is 0 Å². The van der Waals surface area contributed by atoms with E-state index in [1.165, 1.54) is 18.3 Å². The second-order valence-corrected chi connectivity index (χ2v) is 6.81. The van der Waals surface area contributed by atoms with Gasteiger partial charge < -0.3 is 10.1 Å². The molecule has 138 valence electrons. The van der Waals surface area contributed by atoms with Crippen molar-refractivity contribution < 1.29 is 14.3 Å². The lowest BCUT2D eigenvalue weighted by Crippen LogP contribution is -2.12. The van der Waals surface area contributed by atoms with Crippen LogP contribution in [0.2, 0.25) is 0 Å². The van der Waals surface area contributed by atoms with Crippen molar-refractivity contribution in [1.29, 1.82) is 0 Å². The molecule has 2 amide bonds. The number of aromatic nitrogens is 1. The third kappa shape index (κ3) is 4.51. The average molecular weight is 381 g/mol. The van der Waals surface area contributed by atoms with Crippen LogP contribution in [-0.4, -0.2) is 23.9 Å². The summed E-state index contributed by atoms with van der Waals surface area (Å²) in [4.78, 5) is 28.0. The Bertz CT molecular complexity index is 980. The van der Waals surface area contributed by atoms with Crippen LogP contribution in [0.1, 0.15) is 22.8 Å². The predicted molar refractivity (Wildman–Crippen MR) is 108 cm³/mol. The van der Waals surface area contributed by atoms with Gasteiger partial charge >= 0.3 is 0 Å². The van der Waals surface area contributed by atoms with Crippen molar-refractivity contribution in [2.75, 3.05) is 17.7 Å². The first-order valence-corrected chi connectivity index (χ1v) is 9.14. The number of rotatable bonds is 5. The number of methoxy groups -OCH3 is 1. The molecule has 0 saturated carbocycles. The molecule has 1 heterocycles. The summed E-state index contributed by atoms with van der Waals surface area (Å²) >= 11 is 1.35. The molecule has 27 heavy (non-hydrogen) atoms. The zero-order valence-electron chi connectivity index (χ0n) is 15.2. The molecule has 1 aromatic heterocycles. The Morgan fingerprint density at radius 3 is 2.48 bits per heavy atom. The number of nitrogens with one attached hydrogen (secondary N) is 2. The number of carbonyl (C=O) groups excluding carboxylic acids is 2. The van der Waals surface area contributed by atoms with Gasteiger partial charge in [-0.25, -0.2) is 4.98 Å². The van der Waals surface area contributed by atoms with Crippen LogP contribution in [0.4, 0.5) is 10.8 Å². The molecule has 0 bridgehead atoms. The van der Waals surface area contributed by atoms with Crippen LogP contribution >= 0.6 is 11.3 Å². The molecule has 0 aliphatic heterocycles. The van der Waals surface area contributed by atoms with E-state index in [4.69, 9.17) is 4.74 Å². The molecule has 0 spiro atoms. The first-order valence-electron chi connectivity index (χ1n) is 8.26. The summed E-state index contributed by atoms with van der Waals surface area (Å²) in [5.41, 5.74) is 3.85. The SMILES string of the molecule is COc1ccc(C)cc1-c1csc(NC(=O)c2ccc(NC(C)=O)cc2)n1. The quantitative estimate of drug-likeness (QED) is 0.689. The van der Waals surface area contributed by atoms with Gasteiger partial charge in [-0.15, -0.1) is 11.3 Å². The van der Waals surface area contributed by atoms with Gasteiger partial charge in [0.25, 0.3) is 5.91 Å². The minimum absolute atomic E-state index is 0.158. The van der Waals surface area contributed by atoms with Crippen LogP contribution in [0, 0.1) is 6.92 Å². The largest absolute Gasteiger partial charge is 0.496 e. The van der Waals surface area contributed by atoms with Gasteiger partial charge in [-0.3, -0.25) is 14.9 Å². The highest BCUT2D eigenvalue weighted by Gasteiger charge is 2.13. The number of amides is 2. The fourth-order valence-electron chi connectivity index (χ4n) is 2.55. The smallest absolute Gasteiger partial charge is 0.257 e. The molecule has 0 unspecified atom stereocenters. The van der Waals surface area contributed by atoms with E-state index in [0.717, 1.165) is 22.6 Å². The normalized spacial score (nSPS) is 10.3. The Balaban J connectivity index is 1.75. The van der Waals surface area contributed by atoms with Crippen molar-refractivity contribution in [3.05, 3.63) is 59.0 Å². The minimum Gasteiger partial charge on any atom is -0.496 e. The van der Waals surface area contributed by atoms with Crippen molar-refractivity contribution in [3.8, 4) is 17.0 Å². The van der Waals surface area contributed by atoms with Gasteiger partial charge in [0.05, 0.1) is 12.8 Å². The van der Waals surface area contributed by atoms with Gasteiger partial charge in [0.1, 0.15) is 5.75 Å². The van der Waals surface area contributed by atoms with E-state index in [1.54, 1.807) is 31.4 Å². The number of hydrogen-bond donors (Lipinski definition) is 2. The second-order valence-electron chi connectivity index (χ2n) is 5.95. The number of benzene rings is 2. The molecular weight excluding hydrogens is 362 g/mol. The molecule has 0 aliphatic rings. The van der Waals surface area contributed by atoms with Gasteiger partial charge in [-0.2, -0.15) is 0 Å². The number of nitrogens with zero attached hydrogens (tertiary/aromatic N) is 1. The molecule has 0 atom stereocenters. The molecule has 3 rings (SSSR count). The molecule has 7 heteroatoms. The number of hydrogen-bond acceptors (Lipinski definition) is 5. The lowest BCUT2D eigenvalue weighted by Gasteiger charge is -2.07. The van der Waals surface area contributed by atoms with Gasteiger partial charge in [0.2, 0.25) is 5.91 Å². The summed E-state index contributed by atoms with van der Waals surface area (Å²) in [5, 5.41) is 7.85. The summed E-state index contributed by atoms with van der Waals surface area (Å²) in [7, 11) is 1.62. The molecule has 3 aromatic rings. The first-order chi connectivity index (χ1) is 13.0. The summed E-state index contributed by atoms with van der Waals surface area (Å²) in [6.07, 6.45) is 0. The molecule has 2 aromatic carbocycles. The highest BCUT2D eigenvalue weighted by atomic mass is 32.1. The monoisotopic (exact) mass is 381 g/mol. The van der Waals surface area contributed by atoms with E-state index in [-0.39, 0.29) is 11.8 Å². The summed E-state index contributed by atoms with van der Waals surface area (Å²) < 4.78 is 5.40. The van der Waals surface area contributed by atoms with Gasteiger partial charge in [0, 0.05) is 29.1 Å². The number of ether oxygens (including phenoxy) is 1. The Morgan fingerprint density at radius 2 is 1.81 bits per heavy atom. The maximum Gasteiger partial charge on any atom is 0.257 e. The minimum atomic E-state index is -0.263. The third-order valence-electron chi connectivity index (χ3n) is 3.82. The molecule has 2 N–H and O–H groups in total. The Morgan fingerprint density at radius 1 is 1.07 bits per heavy atom. The standard InChI is InChI=1S/C20H19N3O3S/c1-12-4-9-18(26-3)16(10-12)17-11-27-20(22-17)23-19(25)14-5-7-15(8-6-14)21-13(2)24/h4-11H,1-3H3,(H,21,24)(H,22,23,25). The van der Waals surface area contributed by atoms with Crippen LogP contribution in [0.15, 0.2) is 47.8 Å². The molecule has 0 fully saturated rings. The molecule has 6 nitrogen and oxygen atoms in total. The highest BCUT2D eigenvalue weighted by molar-refractivity contribution is 7.14. The predicted octanol–water partition coefficient (Wildman–Crippen LogP) is 4.34. The van der Waals surface area contributed by atoms with E-state index in [1.807, 2.05) is 30.5 Å². The average Bonchev–Trinajstić information content (AvgIpc) is 3.10. The topological polar surface area (TPSA) is 80.3 Å². The van der Waals surface area contributed by atoms with Crippen molar-refractivity contribution in [3.63, 3.8) is 0 Å². The maximum absolute atomic E-state index is 12.4. The van der Waals surface area contributed by atoms with Crippen LogP contribution in [0.5, 0.6) is 5.75 Å². The van der Waals surface area contributed by atoms with Crippen LogP contribution in [-0.2, 0) is 4.79 Å². The summed E-state index contributed by atoms with van der Waals surface area (Å²) in [6.45, 7) is 3.44. The highest BCUT2D eigenvalue weighted by Crippen LogP contribution is 2.33. The summed E-state index contributed by atoms with van der Waals surface area (Å²) in [6, 6.07) is 12.5. The number of carbonyl (C=O) groups is 2. The fraction of sp³-hybridized carbons (Fsp3) is 0.150. The van der Waals surface area contributed by atoms with Crippen molar-refractivity contribution >= 4 is 34.0 Å². The van der Waals surface area contributed by atoms with E-state index in [2.05, 4.69) is 15.6 Å². The van der Waals surface area contributed by atoms with E-state index in [0.29, 0.717) is 16.4 Å². The van der Waals surface area contributed by atoms with Crippen molar-refractivity contribution in [2.45, 2.75) is 13.8 Å². The Kier molecular flexibility index (Phi) is 5.52. The lowest BCUT2D eigenvalue weighted by atomic mass is 10.1. The maximum atomic E-state index is 12.4. The van der Waals surface area contributed by atoms with Gasteiger partial charge in [-0.1, -0.05) is 11.6 Å². The number of thiazole rings is 1. The van der Waals surface area contributed by atoms with Crippen LogP contribution < -0.4 is 15.4 Å². The number of anilines is 2. The summed E-state index contributed by atoms with van der Waals surface area (Å²) in [5.74, 6) is 0.313. The first kappa shape index (κ1) is 18.6. The third-order valence-corrected chi connectivity index (χ3v) is 4.58. The Labute approximate surface area is 161 Å². The van der Waals surface area contributed by atoms with Gasteiger partial charge in [0.15, 0.2) is 5.13 Å². The molecule has 0 aliphatic carbocycles. The van der Waals surface area contributed by atoms with Crippen LogP contribution in [0.25, 0.3) is 11.3 Å².